The van der Waals surface area contributed by atoms with E-state index in [1.807, 2.05) is 24.0 Å². The zero-order valence-electron chi connectivity index (χ0n) is 10.2. The third kappa shape index (κ3) is 3.27. The predicted molar refractivity (Wildman–Crippen MR) is 66.6 cm³/mol. The molecule has 0 spiro atoms. The van der Waals surface area contributed by atoms with Gasteiger partial charge in [-0.05, 0) is 44.0 Å². The minimum absolute atomic E-state index is 0.0464. The van der Waals surface area contributed by atoms with Crippen molar-refractivity contribution in [1.29, 1.82) is 0 Å². The molecule has 1 aliphatic rings. The van der Waals surface area contributed by atoms with Gasteiger partial charge in [0.25, 0.3) is 0 Å². The summed E-state index contributed by atoms with van der Waals surface area (Å²) in [5.74, 6) is 0.219. The Morgan fingerprint density at radius 1 is 1.47 bits per heavy atom. The Labute approximate surface area is 102 Å². The maximum Gasteiger partial charge on any atom is 0.239 e. The highest BCUT2D eigenvalue weighted by molar-refractivity contribution is 5.81. The number of amides is 1. The van der Waals surface area contributed by atoms with Crippen LogP contribution in [0.4, 0.5) is 0 Å². The van der Waals surface area contributed by atoms with E-state index in [9.17, 15) is 4.79 Å². The molecule has 0 radical (unpaired) electrons. The quantitative estimate of drug-likeness (QED) is 0.841. The second-order valence-electron chi connectivity index (χ2n) is 4.46. The third-order valence-electron chi connectivity index (χ3n) is 3.16. The van der Waals surface area contributed by atoms with E-state index in [0.717, 1.165) is 32.5 Å². The number of nitrogens with one attached hydrogen (secondary N) is 1. The first kappa shape index (κ1) is 12.0. The van der Waals surface area contributed by atoms with E-state index in [2.05, 4.69) is 10.3 Å². The van der Waals surface area contributed by atoms with Crippen LogP contribution in [0, 0.1) is 0 Å². The summed E-state index contributed by atoms with van der Waals surface area (Å²) in [6.45, 7) is 4.53. The lowest BCUT2D eigenvalue weighted by atomic mass is 10.2. The SMILES string of the molecule is CC1NCCCN(CCc2ccncc2)C1=O. The molecule has 0 aliphatic carbocycles. The molecule has 4 nitrogen and oxygen atoms in total. The Morgan fingerprint density at radius 2 is 2.24 bits per heavy atom. The predicted octanol–water partition coefficient (Wildman–Crippen LogP) is 0.834. The van der Waals surface area contributed by atoms with E-state index < -0.39 is 0 Å². The molecule has 0 aromatic carbocycles. The molecule has 92 valence electrons. The maximum absolute atomic E-state index is 12.0. The molecule has 1 fully saturated rings. The van der Waals surface area contributed by atoms with E-state index in [-0.39, 0.29) is 11.9 Å². The standard InChI is InChI=1S/C13H19N3O/c1-11-13(17)16(9-2-6-15-11)10-5-12-3-7-14-8-4-12/h3-4,7-8,11,15H,2,5-6,9-10H2,1H3. The van der Waals surface area contributed by atoms with Crippen molar-refractivity contribution in [3.8, 4) is 0 Å². The Hall–Kier alpha value is -1.42. The average molecular weight is 233 g/mol. The van der Waals surface area contributed by atoms with Crippen LogP contribution in [-0.4, -0.2) is 41.5 Å². The first-order valence-electron chi connectivity index (χ1n) is 6.18. The van der Waals surface area contributed by atoms with Crippen LogP contribution >= 0.6 is 0 Å². The van der Waals surface area contributed by atoms with E-state index in [1.165, 1.54) is 5.56 Å². The van der Waals surface area contributed by atoms with Crippen LogP contribution in [0.25, 0.3) is 0 Å². The molecular formula is C13H19N3O. The van der Waals surface area contributed by atoms with Crippen LogP contribution in [0.3, 0.4) is 0 Å². The van der Waals surface area contributed by atoms with Gasteiger partial charge in [-0.15, -0.1) is 0 Å². The molecule has 0 saturated carbocycles. The molecule has 2 heterocycles. The van der Waals surface area contributed by atoms with Gasteiger partial charge in [0.05, 0.1) is 6.04 Å². The normalized spacial score (nSPS) is 21.4. The lowest BCUT2D eigenvalue weighted by molar-refractivity contribution is -0.132. The van der Waals surface area contributed by atoms with Gasteiger partial charge in [-0.25, -0.2) is 0 Å². The highest BCUT2D eigenvalue weighted by atomic mass is 16.2. The van der Waals surface area contributed by atoms with Crippen LogP contribution in [0.15, 0.2) is 24.5 Å². The summed E-state index contributed by atoms with van der Waals surface area (Å²) in [5.41, 5.74) is 1.23. The molecule has 17 heavy (non-hydrogen) atoms. The number of aromatic nitrogens is 1. The minimum Gasteiger partial charge on any atom is -0.341 e. The van der Waals surface area contributed by atoms with Crippen LogP contribution < -0.4 is 5.32 Å². The lowest BCUT2D eigenvalue weighted by Gasteiger charge is -2.22. The molecule has 4 heteroatoms. The first-order chi connectivity index (χ1) is 8.27. The number of carbonyl (C=O) groups excluding carboxylic acids is 1. The fraction of sp³-hybridized carbons (Fsp3) is 0.538. The van der Waals surface area contributed by atoms with Gasteiger partial charge < -0.3 is 10.2 Å². The Morgan fingerprint density at radius 3 is 3.00 bits per heavy atom. The number of pyridine rings is 1. The first-order valence-corrected chi connectivity index (χ1v) is 6.18. The van der Waals surface area contributed by atoms with Crippen molar-refractivity contribution >= 4 is 5.91 Å². The van der Waals surface area contributed by atoms with Crippen molar-refractivity contribution in [1.82, 2.24) is 15.2 Å². The van der Waals surface area contributed by atoms with Crippen LogP contribution in [-0.2, 0) is 11.2 Å². The lowest BCUT2D eigenvalue weighted by Crippen LogP contribution is -2.42. The minimum atomic E-state index is -0.0464. The summed E-state index contributed by atoms with van der Waals surface area (Å²) in [7, 11) is 0. The third-order valence-corrected chi connectivity index (χ3v) is 3.16. The van der Waals surface area contributed by atoms with Gasteiger partial charge in [0, 0.05) is 25.5 Å². The monoisotopic (exact) mass is 233 g/mol. The zero-order chi connectivity index (χ0) is 12.1. The molecule has 2 rings (SSSR count). The van der Waals surface area contributed by atoms with Gasteiger partial charge in [0.15, 0.2) is 0 Å². The molecule has 1 aromatic heterocycles. The largest absolute Gasteiger partial charge is 0.341 e. The number of carbonyl (C=O) groups is 1. The van der Waals surface area contributed by atoms with Crippen LogP contribution in [0.5, 0.6) is 0 Å². The number of rotatable bonds is 3. The summed E-state index contributed by atoms with van der Waals surface area (Å²) in [6, 6.07) is 3.96. The molecular weight excluding hydrogens is 214 g/mol. The number of hydrogen-bond donors (Lipinski definition) is 1. The smallest absolute Gasteiger partial charge is 0.239 e. The fourth-order valence-electron chi connectivity index (χ4n) is 2.10. The zero-order valence-corrected chi connectivity index (χ0v) is 10.2. The van der Waals surface area contributed by atoms with Crippen molar-refractivity contribution in [2.24, 2.45) is 0 Å². The van der Waals surface area contributed by atoms with Gasteiger partial charge in [-0.3, -0.25) is 9.78 Å². The Bertz CT molecular complexity index is 366. The van der Waals surface area contributed by atoms with Gasteiger partial charge in [0.2, 0.25) is 5.91 Å². The highest BCUT2D eigenvalue weighted by Gasteiger charge is 2.22. The second kappa shape index (κ2) is 5.77. The summed E-state index contributed by atoms with van der Waals surface area (Å²) in [5, 5.41) is 3.22. The van der Waals surface area contributed by atoms with Crippen molar-refractivity contribution in [2.75, 3.05) is 19.6 Å². The van der Waals surface area contributed by atoms with Gasteiger partial charge in [-0.2, -0.15) is 0 Å². The number of nitrogens with zero attached hydrogens (tertiary/aromatic N) is 2. The average Bonchev–Trinajstić information content (AvgIpc) is 2.52. The van der Waals surface area contributed by atoms with E-state index in [0.29, 0.717) is 0 Å². The van der Waals surface area contributed by atoms with Crippen molar-refractivity contribution in [3.63, 3.8) is 0 Å². The van der Waals surface area contributed by atoms with Crippen molar-refractivity contribution in [2.45, 2.75) is 25.8 Å². The van der Waals surface area contributed by atoms with Crippen molar-refractivity contribution in [3.05, 3.63) is 30.1 Å². The molecule has 1 atom stereocenters. The van der Waals surface area contributed by atoms with E-state index in [4.69, 9.17) is 0 Å². The molecule has 1 unspecified atom stereocenters. The van der Waals surface area contributed by atoms with Crippen LogP contribution in [0.2, 0.25) is 0 Å². The molecule has 1 amide bonds. The van der Waals surface area contributed by atoms with Gasteiger partial charge >= 0.3 is 0 Å². The molecule has 1 aliphatic heterocycles. The summed E-state index contributed by atoms with van der Waals surface area (Å²) in [4.78, 5) is 18.0. The van der Waals surface area contributed by atoms with Gasteiger partial charge in [0.1, 0.15) is 0 Å². The van der Waals surface area contributed by atoms with E-state index in [1.54, 1.807) is 12.4 Å². The number of hydrogen-bond acceptors (Lipinski definition) is 3. The van der Waals surface area contributed by atoms with E-state index >= 15 is 0 Å². The molecule has 1 saturated heterocycles. The maximum atomic E-state index is 12.0. The fourth-order valence-corrected chi connectivity index (χ4v) is 2.10. The molecule has 0 bridgehead atoms. The Balaban J connectivity index is 1.91. The second-order valence-corrected chi connectivity index (χ2v) is 4.46. The highest BCUT2D eigenvalue weighted by Crippen LogP contribution is 2.05. The van der Waals surface area contributed by atoms with Gasteiger partial charge in [-0.1, -0.05) is 0 Å². The van der Waals surface area contributed by atoms with Crippen molar-refractivity contribution < 1.29 is 4.79 Å². The molecule has 1 aromatic rings. The Kier molecular flexibility index (Phi) is 4.09. The summed E-state index contributed by atoms with van der Waals surface area (Å²) < 4.78 is 0. The summed E-state index contributed by atoms with van der Waals surface area (Å²) >= 11 is 0. The summed E-state index contributed by atoms with van der Waals surface area (Å²) in [6.07, 6.45) is 5.53. The topological polar surface area (TPSA) is 45.2 Å². The molecule has 1 N–H and O–H groups in total. The van der Waals surface area contributed by atoms with Crippen LogP contribution in [0.1, 0.15) is 18.9 Å².